The molecule has 1 saturated heterocycles. The monoisotopic (exact) mass is 454 g/mol. The average molecular weight is 455 g/mol. The molecule has 2 unspecified atom stereocenters. The standard InChI is InChI=1S/C22H26N6O3S/c29-21(25-14-17-4-6-18(7-5-17)15-32(30)31)20(27-11-2-1-3-12-27)19-8-9-24-22(26-19)28-13-10-23-16-28/h4-10,13,16,20H,1-3,11-12,14-15H2,(H,25,29)(H,30,31). The van der Waals surface area contributed by atoms with Gasteiger partial charge in [-0.15, -0.1) is 0 Å². The first kappa shape index (κ1) is 22.3. The first-order chi connectivity index (χ1) is 15.6. The highest BCUT2D eigenvalue weighted by molar-refractivity contribution is 7.78. The third-order valence-corrected chi connectivity index (χ3v) is 6.04. The number of hydrogen-bond acceptors (Lipinski definition) is 6. The molecule has 2 N–H and O–H groups in total. The lowest BCUT2D eigenvalue weighted by Gasteiger charge is -2.33. The topological polar surface area (TPSA) is 113 Å². The van der Waals surface area contributed by atoms with Crippen LogP contribution in [-0.2, 0) is 28.2 Å². The molecule has 2 atom stereocenters. The first-order valence-corrected chi connectivity index (χ1v) is 11.9. The Morgan fingerprint density at radius 2 is 1.84 bits per heavy atom. The lowest BCUT2D eigenvalue weighted by molar-refractivity contribution is -0.127. The molecule has 1 fully saturated rings. The molecular formula is C22H26N6O3S. The van der Waals surface area contributed by atoms with Crippen LogP contribution in [0.4, 0.5) is 0 Å². The zero-order chi connectivity index (χ0) is 22.3. The molecule has 3 aromatic rings. The Balaban J connectivity index is 1.51. The summed E-state index contributed by atoms with van der Waals surface area (Å²) in [6, 6.07) is 8.62. The second kappa shape index (κ2) is 10.6. The molecule has 0 bridgehead atoms. The van der Waals surface area contributed by atoms with Gasteiger partial charge in [0.25, 0.3) is 0 Å². The lowest BCUT2D eigenvalue weighted by atomic mass is 10.0. The fourth-order valence-electron chi connectivity index (χ4n) is 3.86. The number of nitrogens with zero attached hydrogens (tertiary/aromatic N) is 5. The molecular weight excluding hydrogens is 428 g/mol. The van der Waals surface area contributed by atoms with E-state index in [4.69, 9.17) is 4.55 Å². The number of amides is 1. The van der Waals surface area contributed by atoms with Crippen molar-refractivity contribution in [3.8, 4) is 5.95 Å². The van der Waals surface area contributed by atoms with Crippen LogP contribution in [0.25, 0.3) is 5.95 Å². The largest absolute Gasteiger partial charge is 0.350 e. The zero-order valence-corrected chi connectivity index (χ0v) is 18.4. The first-order valence-electron chi connectivity index (χ1n) is 10.6. The normalized spacial score (nSPS) is 16.4. The summed E-state index contributed by atoms with van der Waals surface area (Å²) in [6.07, 6.45) is 10.0. The summed E-state index contributed by atoms with van der Waals surface area (Å²) >= 11 is -1.87. The molecule has 1 amide bonds. The molecule has 0 spiro atoms. The minimum Gasteiger partial charge on any atom is -0.350 e. The summed E-state index contributed by atoms with van der Waals surface area (Å²) in [6.45, 7) is 2.05. The van der Waals surface area contributed by atoms with Gasteiger partial charge in [0.05, 0.1) is 11.4 Å². The predicted molar refractivity (Wildman–Crippen MR) is 120 cm³/mol. The van der Waals surface area contributed by atoms with Crippen molar-refractivity contribution in [1.82, 2.24) is 29.7 Å². The minimum atomic E-state index is -1.87. The number of rotatable bonds is 8. The third-order valence-electron chi connectivity index (χ3n) is 5.46. The lowest BCUT2D eigenvalue weighted by Crippen LogP contribution is -2.43. The highest BCUT2D eigenvalue weighted by atomic mass is 32.2. The molecule has 0 saturated carbocycles. The van der Waals surface area contributed by atoms with Crippen LogP contribution in [0, 0.1) is 0 Å². The summed E-state index contributed by atoms with van der Waals surface area (Å²) < 4.78 is 21.7. The number of likely N-dealkylation sites (tertiary alicyclic amines) is 1. The van der Waals surface area contributed by atoms with E-state index in [-0.39, 0.29) is 11.7 Å². The molecule has 1 aliphatic heterocycles. The average Bonchev–Trinajstić information content (AvgIpc) is 3.35. The van der Waals surface area contributed by atoms with Gasteiger partial charge < -0.3 is 9.87 Å². The summed E-state index contributed by atoms with van der Waals surface area (Å²) in [5, 5.41) is 3.04. The number of nitrogens with one attached hydrogen (secondary N) is 1. The van der Waals surface area contributed by atoms with Crippen LogP contribution in [0.3, 0.4) is 0 Å². The molecule has 10 heteroatoms. The Morgan fingerprint density at radius 1 is 1.09 bits per heavy atom. The van der Waals surface area contributed by atoms with E-state index in [0.29, 0.717) is 18.2 Å². The Morgan fingerprint density at radius 3 is 2.53 bits per heavy atom. The maximum Gasteiger partial charge on any atom is 0.243 e. The number of aromatic nitrogens is 4. The predicted octanol–water partition coefficient (Wildman–Crippen LogP) is 2.23. The van der Waals surface area contributed by atoms with Crippen LogP contribution in [0.2, 0.25) is 0 Å². The van der Waals surface area contributed by atoms with Gasteiger partial charge in [-0.1, -0.05) is 30.7 Å². The van der Waals surface area contributed by atoms with Gasteiger partial charge in [0, 0.05) is 25.1 Å². The number of imidazole rings is 1. The van der Waals surface area contributed by atoms with Gasteiger partial charge in [0.2, 0.25) is 11.9 Å². The van der Waals surface area contributed by atoms with E-state index in [1.54, 1.807) is 47.7 Å². The van der Waals surface area contributed by atoms with Crippen LogP contribution in [0.1, 0.15) is 42.1 Å². The number of hydrogen-bond donors (Lipinski definition) is 2. The number of piperidine rings is 1. The molecule has 4 rings (SSSR count). The molecule has 1 aliphatic rings. The van der Waals surface area contributed by atoms with E-state index < -0.39 is 17.1 Å². The Bertz CT molecular complexity index is 1050. The second-order valence-corrected chi connectivity index (χ2v) is 8.68. The van der Waals surface area contributed by atoms with E-state index in [2.05, 4.69) is 25.2 Å². The molecule has 2 aromatic heterocycles. The summed E-state index contributed by atoms with van der Waals surface area (Å²) in [5.74, 6) is 0.464. The molecule has 0 radical (unpaired) electrons. The van der Waals surface area contributed by atoms with E-state index >= 15 is 0 Å². The van der Waals surface area contributed by atoms with Crippen LogP contribution in [0.5, 0.6) is 0 Å². The van der Waals surface area contributed by atoms with Gasteiger partial charge in [-0.3, -0.25) is 14.3 Å². The molecule has 1 aromatic carbocycles. The van der Waals surface area contributed by atoms with Crippen LogP contribution in [0.15, 0.2) is 55.2 Å². The Labute approximate surface area is 189 Å². The van der Waals surface area contributed by atoms with Crippen molar-refractivity contribution in [2.75, 3.05) is 13.1 Å². The van der Waals surface area contributed by atoms with Gasteiger partial charge >= 0.3 is 0 Å². The second-order valence-electron chi connectivity index (χ2n) is 7.75. The highest BCUT2D eigenvalue weighted by Gasteiger charge is 2.30. The van der Waals surface area contributed by atoms with Gasteiger partial charge in [0.15, 0.2) is 11.1 Å². The molecule has 32 heavy (non-hydrogen) atoms. The summed E-state index contributed by atoms with van der Waals surface area (Å²) in [5.41, 5.74) is 2.36. The number of carbonyl (C=O) groups is 1. The van der Waals surface area contributed by atoms with E-state index in [9.17, 15) is 9.00 Å². The maximum absolute atomic E-state index is 13.3. The fraction of sp³-hybridized carbons (Fsp3) is 0.364. The molecule has 3 heterocycles. The van der Waals surface area contributed by atoms with Gasteiger partial charge in [-0.25, -0.2) is 19.2 Å². The van der Waals surface area contributed by atoms with Crippen LogP contribution < -0.4 is 5.32 Å². The highest BCUT2D eigenvalue weighted by Crippen LogP contribution is 2.24. The van der Waals surface area contributed by atoms with E-state index in [0.717, 1.165) is 37.1 Å². The SMILES string of the molecule is O=C(NCc1ccc(CS(=O)O)cc1)C(c1ccnc(-n2ccnc2)n1)N1CCCCC1. The van der Waals surface area contributed by atoms with Crippen molar-refractivity contribution >= 4 is 17.0 Å². The molecule has 0 aliphatic carbocycles. The third kappa shape index (κ3) is 5.64. The fourth-order valence-corrected chi connectivity index (χ4v) is 4.34. The van der Waals surface area contributed by atoms with Crippen molar-refractivity contribution < 1.29 is 13.6 Å². The quantitative estimate of drug-likeness (QED) is 0.502. The van der Waals surface area contributed by atoms with Crippen LogP contribution in [-0.4, -0.2) is 52.2 Å². The molecule has 168 valence electrons. The van der Waals surface area contributed by atoms with Crippen molar-refractivity contribution in [2.45, 2.75) is 37.6 Å². The minimum absolute atomic E-state index is 0.0939. The Kier molecular flexibility index (Phi) is 7.35. The van der Waals surface area contributed by atoms with E-state index in [1.165, 1.54) is 6.42 Å². The summed E-state index contributed by atoms with van der Waals surface area (Å²) in [7, 11) is 0. The van der Waals surface area contributed by atoms with Crippen molar-refractivity contribution in [1.29, 1.82) is 0 Å². The number of benzene rings is 1. The number of carbonyl (C=O) groups excluding carboxylic acids is 1. The van der Waals surface area contributed by atoms with Crippen molar-refractivity contribution in [2.24, 2.45) is 0 Å². The van der Waals surface area contributed by atoms with Crippen LogP contribution >= 0.6 is 0 Å². The summed E-state index contributed by atoms with van der Waals surface area (Å²) in [4.78, 5) is 28.5. The van der Waals surface area contributed by atoms with Gasteiger partial charge in [-0.05, 0) is 43.1 Å². The smallest absolute Gasteiger partial charge is 0.243 e. The zero-order valence-electron chi connectivity index (χ0n) is 17.6. The van der Waals surface area contributed by atoms with Gasteiger partial charge in [0.1, 0.15) is 12.4 Å². The van der Waals surface area contributed by atoms with Crippen molar-refractivity contribution in [3.63, 3.8) is 0 Å². The van der Waals surface area contributed by atoms with Crippen molar-refractivity contribution in [3.05, 3.63) is 72.1 Å². The van der Waals surface area contributed by atoms with E-state index in [1.807, 2.05) is 12.1 Å². The molecule has 9 nitrogen and oxygen atoms in total. The Hall–Kier alpha value is -2.95. The van der Waals surface area contributed by atoms with Gasteiger partial charge in [-0.2, -0.15) is 0 Å². The maximum atomic E-state index is 13.3.